The molecule has 72 valence electrons. The number of benzene rings is 2. The molecule has 4 heteroatoms. The second-order valence-corrected chi connectivity index (χ2v) is 2.87. The van der Waals surface area contributed by atoms with Crippen molar-refractivity contribution in [3.8, 4) is 11.5 Å². The van der Waals surface area contributed by atoms with Crippen LogP contribution in [0, 0.1) is 11.6 Å². The quantitative estimate of drug-likeness (QED) is 0.635. The number of hydrogen-bond acceptors (Lipinski definition) is 2. The second kappa shape index (κ2) is 2.83. The van der Waals surface area contributed by atoms with Gasteiger partial charge in [-0.3, -0.25) is 0 Å². The molecule has 0 aromatic heterocycles. The lowest BCUT2D eigenvalue weighted by Gasteiger charge is -2.05. The fourth-order valence-corrected chi connectivity index (χ4v) is 1.34. The smallest absolute Gasteiger partial charge is 0.204 e. The first-order valence-electron chi connectivity index (χ1n) is 3.90. The average Bonchev–Trinajstić information content (AvgIpc) is 2.23. The SMILES string of the molecule is Oc1c(F)c(F)c(O)c2ccccc12. The lowest BCUT2D eigenvalue weighted by molar-refractivity contribution is 0.382. The molecule has 0 heterocycles. The minimum atomic E-state index is -1.43. The van der Waals surface area contributed by atoms with Gasteiger partial charge in [0.25, 0.3) is 0 Å². The summed E-state index contributed by atoms with van der Waals surface area (Å²) in [5.41, 5.74) is 0. The molecule has 0 bridgehead atoms. The molecule has 2 N–H and O–H groups in total. The molecule has 0 radical (unpaired) electrons. The maximum Gasteiger partial charge on any atom is 0.204 e. The van der Waals surface area contributed by atoms with Gasteiger partial charge in [-0.1, -0.05) is 24.3 Å². The van der Waals surface area contributed by atoms with Crippen molar-refractivity contribution < 1.29 is 19.0 Å². The summed E-state index contributed by atoms with van der Waals surface area (Å²) < 4.78 is 25.9. The monoisotopic (exact) mass is 196 g/mol. The predicted octanol–water partition coefficient (Wildman–Crippen LogP) is 2.53. The van der Waals surface area contributed by atoms with Crippen LogP contribution in [0.3, 0.4) is 0 Å². The Morgan fingerprint density at radius 3 is 1.50 bits per heavy atom. The molecule has 0 saturated carbocycles. The van der Waals surface area contributed by atoms with E-state index < -0.39 is 23.1 Å². The Morgan fingerprint density at radius 2 is 1.14 bits per heavy atom. The topological polar surface area (TPSA) is 40.5 Å². The van der Waals surface area contributed by atoms with Gasteiger partial charge in [0, 0.05) is 10.8 Å². The van der Waals surface area contributed by atoms with E-state index in [1.807, 2.05) is 0 Å². The van der Waals surface area contributed by atoms with Gasteiger partial charge in [-0.15, -0.1) is 0 Å². The Bertz CT molecular complexity index is 462. The summed E-state index contributed by atoms with van der Waals surface area (Å²) in [4.78, 5) is 0. The average molecular weight is 196 g/mol. The van der Waals surface area contributed by atoms with Crippen LogP contribution in [-0.4, -0.2) is 10.2 Å². The van der Waals surface area contributed by atoms with Crippen molar-refractivity contribution in [1.82, 2.24) is 0 Å². The number of fused-ring (bicyclic) bond motifs is 1. The molecule has 2 aromatic carbocycles. The fraction of sp³-hybridized carbons (Fsp3) is 0. The van der Waals surface area contributed by atoms with E-state index in [0.717, 1.165) is 0 Å². The standard InChI is InChI=1S/C10H6F2O2/c11-7-8(12)10(14)6-4-2-1-3-5(6)9(7)13/h1-4,13-14H. The molecule has 0 amide bonds. The van der Waals surface area contributed by atoms with Gasteiger partial charge < -0.3 is 10.2 Å². The summed E-state index contributed by atoms with van der Waals surface area (Å²) in [5, 5.41) is 18.6. The Hall–Kier alpha value is -1.84. The molecule has 0 fully saturated rings. The third-order valence-corrected chi connectivity index (χ3v) is 2.05. The van der Waals surface area contributed by atoms with Crippen molar-refractivity contribution in [3.63, 3.8) is 0 Å². The highest BCUT2D eigenvalue weighted by Gasteiger charge is 2.18. The van der Waals surface area contributed by atoms with Crippen LogP contribution >= 0.6 is 0 Å². The largest absolute Gasteiger partial charge is 0.504 e. The first-order chi connectivity index (χ1) is 6.63. The molecule has 0 saturated heterocycles. The molecular weight excluding hydrogens is 190 g/mol. The van der Waals surface area contributed by atoms with E-state index in [9.17, 15) is 19.0 Å². The number of aromatic hydroxyl groups is 2. The van der Waals surface area contributed by atoms with E-state index in [0.29, 0.717) is 0 Å². The van der Waals surface area contributed by atoms with E-state index in [1.165, 1.54) is 12.1 Å². The first-order valence-corrected chi connectivity index (χ1v) is 3.90. The summed E-state index contributed by atoms with van der Waals surface area (Å²) >= 11 is 0. The van der Waals surface area contributed by atoms with Gasteiger partial charge in [0.1, 0.15) is 0 Å². The molecule has 0 aliphatic heterocycles. The van der Waals surface area contributed by atoms with Crippen molar-refractivity contribution in [2.45, 2.75) is 0 Å². The third-order valence-electron chi connectivity index (χ3n) is 2.05. The number of phenolic OH excluding ortho intramolecular Hbond substituents is 2. The lowest BCUT2D eigenvalue weighted by atomic mass is 10.1. The number of rotatable bonds is 0. The van der Waals surface area contributed by atoms with Crippen molar-refractivity contribution >= 4 is 10.8 Å². The zero-order chi connectivity index (χ0) is 10.3. The van der Waals surface area contributed by atoms with Crippen molar-refractivity contribution in [3.05, 3.63) is 35.9 Å². The van der Waals surface area contributed by atoms with Gasteiger partial charge in [-0.25, -0.2) is 0 Å². The molecule has 0 spiro atoms. The molecule has 0 atom stereocenters. The fourth-order valence-electron chi connectivity index (χ4n) is 1.34. The van der Waals surface area contributed by atoms with Gasteiger partial charge in [0.15, 0.2) is 11.5 Å². The van der Waals surface area contributed by atoms with Crippen LogP contribution in [0.2, 0.25) is 0 Å². The van der Waals surface area contributed by atoms with Crippen LogP contribution in [0.25, 0.3) is 10.8 Å². The van der Waals surface area contributed by atoms with Crippen LogP contribution < -0.4 is 0 Å². The maximum absolute atomic E-state index is 12.9. The van der Waals surface area contributed by atoms with Crippen molar-refractivity contribution in [2.24, 2.45) is 0 Å². The lowest BCUT2D eigenvalue weighted by Crippen LogP contribution is -1.88. The van der Waals surface area contributed by atoms with E-state index in [-0.39, 0.29) is 10.8 Å². The summed E-state index contributed by atoms with van der Waals surface area (Å²) in [7, 11) is 0. The molecule has 2 rings (SSSR count). The van der Waals surface area contributed by atoms with Gasteiger partial charge in [-0.05, 0) is 0 Å². The van der Waals surface area contributed by atoms with Crippen molar-refractivity contribution in [1.29, 1.82) is 0 Å². The zero-order valence-electron chi connectivity index (χ0n) is 6.96. The summed E-state index contributed by atoms with van der Waals surface area (Å²) in [6, 6.07) is 5.90. The zero-order valence-corrected chi connectivity index (χ0v) is 6.96. The molecule has 2 aromatic rings. The minimum Gasteiger partial charge on any atom is -0.504 e. The van der Waals surface area contributed by atoms with E-state index >= 15 is 0 Å². The van der Waals surface area contributed by atoms with E-state index in [4.69, 9.17) is 0 Å². The Kier molecular flexibility index (Phi) is 1.77. The van der Waals surface area contributed by atoms with Crippen LogP contribution in [0.1, 0.15) is 0 Å². The van der Waals surface area contributed by atoms with Crippen LogP contribution in [0.5, 0.6) is 11.5 Å². The Balaban J connectivity index is 3.02. The first kappa shape index (κ1) is 8.74. The van der Waals surface area contributed by atoms with Crippen molar-refractivity contribution in [2.75, 3.05) is 0 Å². The summed E-state index contributed by atoms with van der Waals surface area (Å²) in [6.45, 7) is 0. The molecule has 14 heavy (non-hydrogen) atoms. The number of hydrogen-bond donors (Lipinski definition) is 2. The normalized spacial score (nSPS) is 10.7. The highest BCUT2D eigenvalue weighted by Crippen LogP contribution is 2.36. The number of halogens is 2. The molecule has 0 unspecified atom stereocenters. The van der Waals surface area contributed by atoms with E-state index in [1.54, 1.807) is 12.1 Å². The van der Waals surface area contributed by atoms with Gasteiger partial charge >= 0.3 is 0 Å². The van der Waals surface area contributed by atoms with E-state index in [2.05, 4.69) is 0 Å². The number of phenols is 2. The van der Waals surface area contributed by atoms with Gasteiger partial charge in [0.2, 0.25) is 11.6 Å². The molecular formula is C10H6F2O2. The maximum atomic E-state index is 12.9. The minimum absolute atomic E-state index is 0.0869. The highest BCUT2D eigenvalue weighted by molar-refractivity contribution is 5.93. The van der Waals surface area contributed by atoms with Gasteiger partial charge in [0.05, 0.1) is 0 Å². The molecule has 2 nitrogen and oxygen atoms in total. The Labute approximate surface area is 78.0 Å². The third kappa shape index (κ3) is 1.00. The van der Waals surface area contributed by atoms with Crippen LogP contribution in [0.15, 0.2) is 24.3 Å². The van der Waals surface area contributed by atoms with Crippen LogP contribution in [-0.2, 0) is 0 Å². The molecule has 0 aliphatic carbocycles. The van der Waals surface area contributed by atoms with Crippen LogP contribution in [0.4, 0.5) is 8.78 Å². The second-order valence-electron chi connectivity index (χ2n) is 2.87. The summed E-state index contributed by atoms with van der Waals surface area (Å²) in [5.74, 6) is -4.42. The predicted molar refractivity (Wildman–Crippen MR) is 47.2 cm³/mol. The van der Waals surface area contributed by atoms with Gasteiger partial charge in [-0.2, -0.15) is 8.78 Å². The summed E-state index contributed by atoms with van der Waals surface area (Å²) in [6.07, 6.45) is 0. The molecule has 0 aliphatic rings. The Morgan fingerprint density at radius 1 is 0.786 bits per heavy atom. The highest BCUT2D eigenvalue weighted by atomic mass is 19.2.